The molecule has 0 radical (unpaired) electrons. The van der Waals surface area contributed by atoms with Crippen LogP contribution in [0.5, 0.6) is 0 Å². The molecule has 4 heteroatoms. The van der Waals surface area contributed by atoms with E-state index in [1.165, 1.54) is 6.08 Å². The smallest absolute Gasteiger partial charge is 0.185 e. The molecule has 0 atom stereocenters. The van der Waals surface area contributed by atoms with Crippen molar-refractivity contribution in [3.8, 4) is 6.07 Å². The van der Waals surface area contributed by atoms with Gasteiger partial charge in [0.25, 0.3) is 0 Å². The van der Waals surface area contributed by atoms with Gasteiger partial charge in [-0.2, -0.15) is 5.26 Å². The fraction of sp³-hybridized carbons (Fsp3) is 0.400. The first-order valence-electron chi connectivity index (χ1n) is 4.58. The summed E-state index contributed by atoms with van der Waals surface area (Å²) in [6.07, 6.45) is 5.05. The molecule has 74 valence electrons. The van der Waals surface area contributed by atoms with Crippen molar-refractivity contribution in [1.29, 1.82) is 5.26 Å². The Morgan fingerprint density at radius 1 is 1.57 bits per heavy atom. The summed E-state index contributed by atoms with van der Waals surface area (Å²) in [4.78, 5) is 7.51. The number of hydrogen-bond acceptors (Lipinski definition) is 4. The molecular weight excluding hydrogens is 194 g/mol. The van der Waals surface area contributed by atoms with E-state index in [2.05, 4.69) is 23.7 Å². The molecule has 0 aliphatic rings. The Morgan fingerprint density at radius 3 is 2.86 bits per heavy atom. The van der Waals surface area contributed by atoms with Crippen LogP contribution in [0.15, 0.2) is 12.3 Å². The van der Waals surface area contributed by atoms with Crippen LogP contribution in [-0.2, 0) is 0 Å². The first kappa shape index (κ1) is 10.7. The molecule has 0 fully saturated rings. The maximum Gasteiger partial charge on any atom is 0.185 e. The van der Waals surface area contributed by atoms with E-state index in [9.17, 15) is 0 Å². The molecule has 0 aliphatic heterocycles. The van der Waals surface area contributed by atoms with Gasteiger partial charge in [0.1, 0.15) is 0 Å². The first-order chi connectivity index (χ1) is 6.81. The van der Waals surface area contributed by atoms with Gasteiger partial charge in [-0.25, -0.2) is 4.98 Å². The molecule has 0 saturated carbocycles. The van der Waals surface area contributed by atoms with Gasteiger partial charge in [-0.3, -0.25) is 0 Å². The molecule has 1 heterocycles. The van der Waals surface area contributed by atoms with E-state index in [1.807, 2.05) is 6.07 Å². The Labute approximate surface area is 88.3 Å². The largest absolute Gasteiger partial charge is 0.349 e. The van der Waals surface area contributed by atoms with E-state index in [-0.39, 0.29) is 0 Å². The van der Waals surface area contributed by atoms with Crippen LogP contribution in [0.3, 0.4) is 0 Å². The molecule has 0 N–H and O–H groups in total. The third kappa shape index (κ3) is 2.57. The highest BCUT2D eigenvalue weighted by molar-refractivity contribution is 7.16. The normalized spacial score (nSPS) is 10.4. The van der Waals surface area contributed by atoms with Crippen LogP contribution in [0, 0.1) is 11.3 Å². The lowest BCUT2D eigenvalue weighted by Gasteiger charge is -2.16. The summed E-state index contributed by atoms with van der Waals surface area (Å²) < 4.78 is 0. The Morgan fingerprint density at radius 2 is 2.29 bits per heavy atom. The van der Waals surface area contributed by atoms with Crippen LogP contribution in [0.4, 0.5) is 5.13 Å². The first-order valence-corrected chi connectivity index (χ1v) is 5.40. The predicted molar refractivity (Wildman–Crippen MR) is 60.3 cm³/mol. The van der Waals surface area contributed by atoms with Crippen molar-refractivity contribution >= 4 is 22.5 Å². The standard InChI is InChI=1S/C10H13N3S/c1-3-13(4-2)10-12-8-9(14-10)6-5-7-11/h5-6,8H,3-4H2,1-2H3. The van der Waals surface area contributed by atoms with Crippen LogP contribution >= 0.6 is 11.3 Å². The van der Waals surface area contributed by atoms with Crippen LogP contribution in [0.25, 0.3) is 6.08 Å². The third-order valence-electron chi connectivity index (χ3n) is 1.87. The molecule has 0 saturated heterocycles. The van der Waals surface area contributed by atoms with Gasteiger partial charge in [-0.1, -0.05) is 11.3 Å². The number of anilines is 1. The van der Waals surface area contributed by atoms with Gasteiger partial charge in [0, 0.05) is 30.2 Å². The molecule has 0 aliphatic carbocycles. The van der Waals surface area contributed by atoms with Crippen molar-refractivity contribution in [3.63, 3.8) is 0 Å². The minimum absolute atomic E-state index is 0.964. The highest BCUT2D eigenvalue weighted by Gasteiger charge is 2.05. The predicted octanol–water partition coefficient (Wildman–Crippen LogP) is 2.53. The molecule has 14 heavy (non-hydrogen) atoms. The van der Waals surface area contributed by atoms with Crippen LogP contribution in [0.1, 0.15) is 18.7 Å². The average Bonchev–Trinajstić information content (AvgIpc) is 2.65. The molecule has 0 aromatic carbocycles. The summed E-state index contributed by atoms with van der Waals surface area (Å²) in [5.74, 6) is 0. The van der Waals surface area contributed by atoms with E-state index in [0.717, 1.165) is 23.1 Å². The van der Waals surface area contributed by atoms with Gasteiger partial charge >= 0.3 is 0 Å². The van der Waals surface area contributed by atoms with E-state index in [1.54, 1.807) is 23.6 Å². The number of allylic oxidation sites excluding steroid dienone is 1. The van der Waals surface area contributed by atoms with Crippen LogP contribution in [-0.4, -0.2) is 18.1 Å². The Bertz CT molecular complexity index is 344. The number of hydrogen-bond donors (Lipinski definition) is 0. The Kier molecular flexibility index (Phi) is 4.14. The van der Waals surface area contributed by atoms with Gasteiger partial charge in [-0.15, -0.1) is 0 Å². The van der Waals surface area contributed by atoms with Crippen molar-refractivity contribution < 1.29 is 0 Å². The highest BCUT2D eigenvalue weighted by Crippen LogP contribution is 2.22. The van der Waals surface area contributed by atoms with Crippen LogP contribution < -0.4 is 4.90 Å². The van der Waals surface area contributed by atoms with Crippen molar-refractivity contribution in [3.05, 3.63) is 17.2 Å². The zero-order chi connectivity index (χ0) is 10.4. The maximum absolute atomic E-state index is 8.37. The number of thiazole rings is 1. The fourth-order valence-electron chi connectivity index (χ4n) is 1.11. The summed E-state index contributed by atoms with van der Waals surface area (Å²) in [6.45, 7) is 6.14. The van der Waals surface area contributed by atoms with Crippen molar-refractivity contribution in [2.45, 2.75) is 13.8 Å². The SMILES string of the molecule is CCN(CC)c1ncc(C=CC#N)s1. The maximum atomic E-state index is 8.37. The summed E-state index contributed by atoms with van der Waals surface area (Å²) in [5, 5.41) is 9.39. The minimum atomic E-state index is 0.964. The van der Waals surface area contributed by atoms with Gasteiger partial charge in [0.05, 0.1) is 6.07 Å². The summed E-state index contributed by atoms with van der Waals surface area (Å²) in [5.41, 5.74) is 0. The van der Waals surface area contributed by atoms with E-state index >= 15 is 0 Å². The third-order valence-corrected chi connectivity index (χ3v) is 2.89. The number of aromatic nitrogens is 1. The number of nitriles is 1. The topological polar surface area (TPSA) is 39.9 Å². The Balaban J connectivity index is 2.77. The van der Waals surface area contributed by atoms with Crippen LogP contribution in [0.2, 0.25) is 0 Å². The van der Waals surface area contributed by atoms with Gasteiger partial charge < -0.3 is 4.90 Å². The van der Waals surface area contributed by atoms with Gasteiger partial charge in [0.2, 0.25) is 0 Å². The lowest BCUT2D eigenvalue weighted by molar-refractivity contribution is 0.860. The fourth-order valence-corrected chi connectivity index (χ4v) is 2.06. The number of rotatable bonds is 4. The monoisotopic (exact) mass is 207 g/mol. The Hall–Kier alpha value is -1.34. The summed E-state index contributed by atoms with van der Waals surface area (Å²) >= 11 is 1.61. The van der Waals surface area contributed by atoms with E-state index < -0.39 is 0 Å². The quantitative estimate of drug-likeness (QED) is 0.712. The summed E-state index contributed by atoms with van der Waals surface area (Å²) in [7, 11) is 0. The van der Waals surface area contributed by atoms with Gasteiger partial charge in [-0.05, 0) is 19.9 Å². The van der Waals surface area contributed by atoms with E-state index in [4.69, 9.17) is 5.26 Å². The zero-order valence-electron chi connectivity index (χ0n) is 8.40. The minimum Gasteiger partial charge on any atom is -0.349 e. The second kappa shape index (κ2) is 5.40. The van der Waals surface area contributed by atoms with Crippen molar-refractivity contribution in [2.24, 2.45) is 0 Å². The van der Waals surface area contributed by atoms with Gasteiger partial charge in [0.15, 0.2) is 5.13 Å². The average molecular weight is 207 g/mol. The second-order valence-electron chi connectivity index (χ2n) is 2.68. The molecular formula is C10H13N3S. The summed E-state index contributed by atoms with van der Waals surface area (Å²) in [6, 6.07) is 1.97. The van der Waals surface area contributed by atoms with Crippen molar-refractivity contribution in [1.82, 2.24) is 4.98 Å². The highest BCUT2D eigenvalue weighted by atomic mass is 32.1. The van der Waals surface area contributed by atoms with Crippen molar-refractivity contribution in [2.75, 3.05) is 18.0 Å². The zero-order valence-corrected chi connectivity index (χ0v) is 9.21. The molecule has 1 aromatic rings. The molecule has 0 spiro atoms. The molecule has 0 unspecified atom stereocenters. The van der Waals surface area contributed by atoms with E-state index in [0.29, 0.717) is 0 Å². The molecule has 0 bridgehead atoms. The lowest BCUT2D eigenvalue weighted by Crippen LogP contribution is -2.21. The molecule has 1 rings (SSSR count). The second-order valence-corrected chi connectivity index (χ2v) is 3.72. The molecule has 3 nitrogen and oxygen atoms in total. The molecule has 0 amide bonds. The lowest BCUT2D eigenvalue weighted by atomic mass is 10.5. The number of nitrogens with zero attached hydrogens (tertiary/aromatic N) is 3. The molecule has 1 aromatic heterocycles.